The Morgan fingerprint density at radius 1 is 0.258 bits per heavy atom. The molecule has 0 atom stereocenters. The molecule has 0 aromatic heterocycles. The van der Waals surface area contributed by atoms with Crippen molar-refractivity contribution >= 4 is 84.3 Å². The van der Waals surface area contributed by atoms with Crippen molar-refractivity contribution in [2.75, 3.05) is 7.11 Å². The van der Waals surface area contributed by atoms with Gasteiger partial charge in [0.25, 0.3) is 0 Å². The van der Waals surface area contributed by atoms with Crippen molar-refractivity contribution in [1.29, 1.82) is 0 Å². The minimum Gasteiger partial charge on any atom is -0.411 e. The van der Waals surface area contributed by atoms with Crippen molar-refractivity contribution in [3.63, 3.8) is 0 Å². The molecule has 8 rings (SSSR count). The molecule has 1 N–H and O–H groups in total. The third-order valence-corrected chi connectivity index (χ3v) is 30.1. The van der Waals surface area contributed by atoms with Gasteiger partial charge in [0.15, 0.2) is 0 Å². The highest BCUT2D eigenvalue weighted by atomic mass is 28.5. The topological polar surface area (TPSA) is 66.4 Å². The number of hydrogen-bond acceptors (Lipinski definition) is 6. The molecule has 310 valence electrons. The summed E-state index contributed by atoms with van der Waals surface area (Å²) in [6.45, 7) is 3.60. The number of hydrogen-bond donors (Lipinski definition) is 1. The fraction of sp³-hybridized carbons (Fsp3) is 0.0588. The summed E-state index contributed by atoms with van der Waals surface area (Å²) in [5, 5.41) is 7.02. The van der Waals surface area contributed by atoms with Crippen LogP contribution in [-0.2, 0) is 20.9 Å². The quantitative estimate of drug-likeness (QED) is 0.123. The van der Waals surface area contributed by atoms with Crippen LogP contribution < -0.4 is 41.5 Å². The van der Waals surface area contributed by atoms with Gasteiger partial charge in [-0.2, -0.15) is 0 Å². The molecule has 0 aliphatic rings. The Hall–Kier alpha value is -5.40. The van der Waals surface area contributed by atoms with Crippen LogP contribution in [0.3, 0.4) is 0 Å². The van der Waals surface area contributed by atoms with Gasteiger partial charge in [0.1, 0.15) is 0 Å². The highest BCUT2D eigenvalue weighted by Gasteiger charge is 2.63. The molecule has 8 aromatic carbocycles. The van der Waals surface area contributed by atoms with Gasteiger partial charge in [0, 0.05) is 7.11 Å². The van der Waals surface area contributed by atoms with E-state index in [1.165, 1.54) is 0 Å². The Morgan fingerprint density at radius 2 is 0.419 bits per heavy atom. The van der Waals surface area contributed by atoms with Crippen molar-refractivity contribution < 1.29 is 25.7 Å². The molecule has 0 fully saturated rings. The molecule has 0 saturated heterocycles. The first-order valence-corrected chi connectivity index (χ1v) is 30.9. The maximum absolute atomic E-state index is 12.1. The van der Waals surface area contributed by atoms with Gasteiger partial charge < -0.3 is 25.7 Å². The molecule has 0 amide bonds. The first-order chi connectivity index (χ1) is 30.2. The largest absolute Gasteiger partial charge is 0.411 e. The van der Waals surface area contributed by atoms with Crippen LogP contribution in [0, 0.1) is 0 Å². The van der Waals surface area contributed by atoms with Gasteiger partial charge in [-0.15, -0.1) is 0 Å². The molecule has 0 heterocycles. The fourth-order valence-corrected chi connectivity index (χ4v) is 31.1. The summed E-state index contributed by atoms with van der Waals surface area (Å²) in [7, 11) is -17.7. The summed E-state index contributed by atoms with van der Waals surface area (Å²) in [6.07, 6.45) is 0. The normalized spacial score (nSPS) is 12.5. The summed E-state index contributed by atoms with van der Waals surface area (Å²) >= 11 is 0. The summed E-state index contributed by atoms with van der Waals surface area (Å²) in [4.78, 5) is 12.1. The van der Waals surface area contributed by atoms with Crippen LogP contribution in [0.1, 0.15) is 0 Å². The molecule has 0 aliphatic heterocycles. The zero-order chi connectivity index (χ0) is 42.9. The Labute approximate surface area is 370 Å². The van der Waals surface area contributed by atoms with Crippen molar-refractivity contribution in [2.45, 2.75) is 13.1 Å². The Balaban J connectivity index is 1.53. The Kier molecular flexibility index (Phi) is 13.2. The van der Waals surface area contributed by atoms with E-state index >= 15 is 0 Å². The van der Waals surface area contributed by atoms with Gasteiger partial charge >= 0.3 is 42.8 Å². The van der Waals surface area contributed by atoms with E-state index < -0.39 is 42.8 Å². The van der Waals surface area contributed by atoms with Crippen LogP contribution >= 0.6 is 0 Å². The lowest BCUT2D eigenvalue weighted by Gasteiger charge is -2.48. The molecule has 0 bridgehead atoms. The van der Waals surface area contributed by atoms with Gasteiger partial charge in [-0.3, -0.25) is 0 Å². The van der Waals surface area contributed by atoms with E-state index in [1.54, 1.807) is 20.2 Å². The van der Waals surface area contributed by atoms with E-state index in [4.69, 9.17) is 20.9 Å². The standard InChI is InChI=1S/C51H50O6Si5/c1-53-59(44-28-12-4-13-29-44,45-30-14-5-15-31-45)55-61(48-36-20-8-21-37-48,49-38-22-9-23-39-49)57-62(50-40-24-10-25-41-50,51-42-26-11-27-43-51)56-60(54-58(2,3)52,46-32-16-6-17-33-46)47-34-18-7-19-35-47/h4-43,52H,1-3H3. The molecule has 11 heteroatoms. The van der Waals surface area contributed by atoms with Gasteiger partial charge in [-0.05, 0) is 54.6 Å². The maximum atomic E-state index is 12.1. The van der Waals surface area contributed by atoms with Crippen molar-refractivity contribution in [2.24, 2.45) is 0 Å². The minimum atomic E-state index is -4.21. The zero-order valence-corrected chi connectivity index (χ0v) is 40.1. The first-order valence-electron chi connectivity index (χ1n) is 20.8. The zero-order valence-electron chi connectivity index (χ0n) is 35.1. The average molecular weight is 899 g/mol. The van der Waals surface area contributed by atoms with E-state index in [1.807, 2.05) is 146 Å². The molecule has 6 nitrogen and oxygen atoms in total. The second kappa shape index (κ2) is 18.9. The summed E-state index contributed by atoms with van der Waals surface area (Å²) in [5.74, 6) is 0. The SMILES string of the molecule is CO[Si](O[Si](O[Si](O[Si](O[Si](C)(C)O)(c1ccccc1)c1ccccc1)(c1ccccc1)c1ccccc1)(c1ccccc1)c1ccccc1)(c1ccccc1)c1ccccc1. The molecular formula is C51H50O6Si5. The van der Waals surface area contributed by atoms with Crippen molar-refractivity contribution in [1.82, 2.24) is 0 Å². The van der Waals surface area contributed by atoms with E-state index in [9.17, 15) is 4.80 Å². The second-order valence-electron chi connectivity index (χ2n) is 15.5. The molecule has 0 unspecified atom stereocenters. The summed E-state index contributed by atoms with van der Waals surface area (Å²) in [5.41, 5.74) is 0. The highest BCUT2D eigenvalue weighted by Crippen LogP contribution is 2.28. The van der Waals surface area contributed by atoms with Crippen LogP contribution in [0.5, 0.6) is 0 Å². The van der Waals surface area contributed by atoms with Crippen molar-refractivity contribution in [3.05, 3.63) is 243 Å². The average Bonchev–Trinajstić information content (AvgIpc) is 3.34. The Bertz CT molecular complexity index is 2430. The van der Waals surface area contributed by atoms with Crippen molar-refractivity contribution in [3.8, 4) is 0 Å². The first kappa shape index (κ1) is 43.3. The van der Waals surface area contributed by atoms with E-state index in [2.05, 4.69) is 97.1 Å². The van der Waals surface area contributed by atoms with Crippen LogP contribution in [0.25, 0.3) is 0 Å². The third-order valence-electron chi connectivity index (χ3n) is 10.8. The second-order valence-corrected chi connectivity index (χ2v) is 31.6. The van der Waals surface area contributed by atoms with Gasteiger partial charge in [0.2, 0.25) is 0 Å². The van der Waals surface area contributed by atoms with Gasteiger partial charge in [-0.1, -0.05) is 243 Å². The molecule has 62 heavy (non-hydrogen) atoms. The van der Waals surface area contributed by atoms with Crippen LogP contribution in [0.4, 0.5) is 0 Å². The van der Waals surface area contributed by atoms with Crippen LogP contribution in [-0.4, -0.2) is 54.7 Å². The van der Waals surface area contributed by atoms with Crippen LogP contribution in [0.15, 0.2) is 243 Å². The highest BCUT2D eigenvalue weighted by molar-refractivity contribution is 7.12. The molecule has 0 radical (unpaired) electrons. The van der Waals surface area contributed by atoms with E-state index in [0.29, 0.717) is 0 Å². The molecule has 0 spiro atoms. The predicted octanol–water partition coefficient (Wildman–Crippen LogP) is 5.42. The summed E-state index contributed by atoms with van der Waals surface area (Å²) in [6, 6.07) is 81.9. The molecular weight excluding hydrogens is 849 g/mol. The van der Waals surface area contributed by atoms with Gasteiger partial charge in [0.05, 0.1) is 0 Å². The van der Waals surface area contributed by atoms with E-state index in [0.717, 1.165) is 41.5 Å². The number of rotatable bonds is 17. The lowest BCUT2D eigenvalue weighted by molar-refractivity contribution is 0.277. The maximum Gasteiger partial charge on any atom is 0.398 e. The minimum absolute atomic E-state index is 0.843. The molecule has 8 aromatic rings. The monoisotopic (exact) mass is 898 g/mol. The third kappa shape index (κ3) is 8.79. The fourth-order valence-electron chi connectivity index (χ4n) is 8.05. The molecule has 0 saturated carbocycles. The Morgan fingerprint density at radius 3 is 0.597 bits per heavy atom. The lowest BCUT2D eigenvalue weighted by Crippen LogP contribution is -2.83. The predicted molar refractivity (Wildman–Crippen MR) is 263 cm³/mol. The van der Waals surface area contributed by atoms with Crippen LogP contribution in [0.2, 0.25) is 13.1 Å². The number of benzene rings is 8. The molecule has 0 aliphatic carbocycles. The van der Waals surface area contributed by atoms with Gasteiger partial charge in [-0.25, -0.2) is 0 Å². The van der Waals surface area contributed by atoms with E-state index in [-0.39, 0.29) is 0 Å². The smallest absolute Gasteiger partial charge is 0.398 e. The summed E-state index contributed by atoms with van der Waals surface area (Å²) < 4.78 is 39.4. The lowest BCUT2D eigenvalue weighted by atomic mass is 10.4.